The number of rotatable bonds is 5. The van der Waals surface area contributed by atoms with E-state index in [0.29, 0.717) is 43.1 Å². The van der Waals surface area contributed by atoms with Gasteiger partial charge in [-0.2, -0.15) is 0 Å². The second kappa shape index (κ2) is 8.68. The number of nitrogens with zero attached hydrogens (tertiary/aromatic N) is 1. The van der Waals surface area contributed by atoms with Gasteiger partial charge >= 0.3 is 11.9 Å². The maximum absolute atomic E-state index is 12.1. The van der Waals surface area contributed by atoms with Crippen molar-refractivity contribution in [3.8, 4) is 0 Å². The molecule has 6 nitrogen and oxygen atoms in total. The number of amides is 1. The minimum absolute atomic E-state index is 0.161. The van der Waals surface area contributed by atoms with Gasteiger partial charge < -0.3 is 14.4 Å². The molecule has 1 heterocycles. The lowest BCUT2D eigenvalue weighted by molar-refractivity contribution is -0.151. The summed E-state index contributed by atoms with van der Waals surface area (Å²) < 4.78 is 10.0. The fourth-order valence-corrected chi connectivity index (χ4v) is 2.64. The monoisotopic (exact) mass is 353 g/mol. The molecule has 0 atom stereocenters. The number of ether oxygens (including phenoxy) is 2. The number of esters is 2. The Labute approximate surface area is 145 Å². The first kappa shape index (κ1) is 18.3. The molecule has 0 unspecified atom stereocenters. The summed E-state index contributed by atoms with van der Waals surface area (Å²) >= 11 is 5.75. The topological polar surface area (TPSA) is 72.9 Å². The summed E-state index contributed by atoms with van der Waals surface area (Å²) in [4.78, 5) is 37.2. The van der Waals surface area contributed by atoms with Crippen LogP contribution < -0.4 is 0 Å². The van der Waals surface area contributed by atoms with Crippen molar-refractivity contribution < 1.29 is 23.9 Å². The van der Waals surface area contributed by atoms with Gasteiger partial charge in [-0.25, -0.2) is 4.79 Å². The molecule has 0 saturated carbocycles. The van der Waals surface area contributed by atoms with Crippen LogP contribution in [0.25, 0.3) is 0 Å². The van der Waals surface area contributed by atoms with E-state index in [1.807, 2.05) is 0 Å². The highest BCUT2D eigenvalue weighted by Gasteiger charge is 2.28. The smallest absolute Gasteiger partial charge is 0.338 e. The van der Waals surface area contributed by atoms with Crippen LogP contribution in [0.4, 0.5) is 0 Å². The second-order valence-electron chi connectivity index (χ2n) is 5.49. The van der Waals surface area contributed by atoms with Crippen molar-refractivity contribution in [3.63, 3.8) is 0 Å². The number of likely N-dealkylation sites (tertiary alicyclic amines) is 1. The van der Waals surface area contributed by atoms with Crippen molar-refractivity contribution in [1.29, 1.82) is 0 Å². The predicted octanol–water partition coefficient (Wildman–Crippen LogP) is 2.30. The van der Waals surface area contributed by atoms with Crippen LogP contribution in [0.15, 0.2) is 24.3 Å². The number of hydrogen-bond donors (Lipinski definition) is 0. The Morgan fingerprint density at radius 3 is 2.33 bits per heavy atom. The molecule has 130 valence electrons. The van der Waals surface area contributed by atoms with Crippen molar-refractivity contribution in [2.75, 3.05) is 26.3 Å². The van der Waals surface area contributed by atoms with Crippen molar-refractivity contribution in [1.82, 2.24) is 4.90 Å². The summed E-state index contributed by atoms with van der Waals surface area (Å²) in [5, 5.41) is 0.520. The third-order valence-electron chi connectivity index (χ3n) is 3.87. The quantitative estimate of drug-likeness (QED) is 0.759. The number of halogens is 1. The molecule has 1 saturated heterocycles. The van der Waals surface area contributed by atoms with Crippen molar-refractivity contribution in [3.05, 3.63) is 34.9 Å². The fourth-order valence-electron chi connectivity index (χ4n) is 2.51. The van der Waals surface area contributed by atoms with Gasteiger partial charge in [-0.05, 0) is 44.0 Å². The van der Waals surface area contributed by atoms with Crippen LogP contribution >= 0.6 is 11.6 Å². The van der Waals surface area contributed by atoms with Gasteiger partial charge in [0.1, 0.15) is 0 Å². The fraction of sp³-hybridized carbons (Fsp3) is 0.471. The third-order valence-corrected chi connectivity index (χ3v) is 4.13. The van der Waals surface area contributed by atoms with Crippen molar-refractivity contribution in [2.24, 2.45) is 5.92 Å². The zero-order chi connectivity index (χ0) is 17.5. The van der Waals surface area contributed by atoms with Crippen LogP contribution in [0, 0.1) is 5.92 Å². The Kier molecular flexibility index (Phi) is 6.61. The lowest BCUT2D eigenvalue weighted by Crippen LogP contribution is -2.42. The molecular formula is C17H20ClNO5. The number of piperidine rings is 1. The van der Waals surface area contributed by atoms with Gasteiger partial charge in [-0.1, -0.05) is 11.6 Å². The van der Waals surface area contributed by atoms with E-state index in [4.69, 9.17) is 21.1 Å². The van der Waals surface area contributed by atoms with Crippen LogP contribution in [-0.4, -0.2) is 49.0 Å². The molecule has 0 spiro atoms. The van der Waals surface area contributed by atoms with E-state index in [0.717, 1.165) is 0 Å². The van der Waals surface area contributed by atoms with E-state index in [-0.39, 0.29) is 24.4 Å². The van der Waals surface area contributed by atoms with Gasteiger partial charge in [0.2, 0.25) is 0 Å². The first-order chi connectivity index (χ1) is 11.5. The Morgan fingerprint density at radius 1 is 1.12 bits per heavy atom. The van der Waals surface area contributed by atoms with Gasteiger partial charge in [0.25, 0.3) is 5.91 Å². The van der Waals surface area contributed by atoms with Crippen LogP contribution in [0.3, 0.4) is 0 Å². The number of carbonyl (C=O) groups is 3. The predicted molar refractivity (Wildman–Crippen MR) is 87.7 cm³/mol. The first-order valence-electron chi connectivity index (χ1n) is 7.88. The van der Waals surface area contributed by atoms with Crippen LogP contribution in [0.2, 0.25) is 5.02 Å². The molecule has 0 bridgehead atoms. The summed E-state index contributed by atoms with van der Waals surface area (Å²) in [6, 6.07) is 6.25. The van der Waals surface area contributed by atoms with E-state index in [2.05, 4.69) is 0 Å². The molecule has 2 rings (SSSR count). The zero-order valence-corrected chi connectivity index (χ0v) is 14.3. The Balaban J connectivity index is 1.76. The molecule has 1 amide bonds. The molecule has 0 aromatic heterocycles. The molecule has 0 aliphatic carbocycles. The molecule has 1 aliphatic rings. The molecule has 1 aliphatic heterocycles. The SMILES string of the molecule is CCOC(=O)C1CCN(C(=O)COC(=O)c2ccc(Cl)cc2)CC1. The van der Waals surface area contributed by atoms with Gasteiger partial charge in [-0.15, -0.1) is 0 Å². The van der Waals surface area contributed by atoms with Crippen LogP contribution in [0.1, 0.15) is 30.1 Å². The second-order valence-corrected chi connectivity index (χ2v) is 5.93. The average Bonchev–Trinajstić information content (AvgIpc) is 2.60. The van der Waals surface area contributed by atoms with Crippen molar-refractivity contribution in [2.45, 2.75) is 19.8 Å². The third kappa shape index (κ3) is 4.96. The first-order valence-corrected chi connectivity index (χ1v) is 8.26. The number of benzene rings is 1. The lowest BCUT2D eigenvalue weighted by atomic mass is 9.97. The number of carbonyl (C=O) groups excluding carboxylic acids is 3. The van der Waals surface area contributed by atoms with Gasteiger partial charge in [0.05, 0.1) is 18.1 Å². The van der Waals surface area contributed by atoms with Gasteiger partial charge in [0, 0.05) is 18.1 Å². The Morgan fingerprint density at radius 2 is 1.75 bits per heavy atom. The van der Waals surface area contributed by atoms with Gasteiger partial charge in [-0.3, -0.25) is 9.59 Å². The number of hydrogen-bond acceptors (Lipinski definition) is 5. The molecule has 24 heavy (non-hydrogen) atoms. The van der Waals surface area contributed by atoms with E-state index >= 15 is 0 Å². The van der Waals surface area contributed by atoms with Crippen molar-refractivity contribution >= 4 is 29.4 Å². The molecule has 1 aromatic rings. The molecule has 1 fully saturated rings. The lowest BCUT2D eigenvalue weighted by Gasteiger charge is -2.30. The van der Waals surface area contributed by atoms with Crippen LogP contribution in [-0.2, 0) is 19.1 Å². The summed E-state index contributed by atoms with van der Waals surface area (Å²) in [5.74, 6) is -1.20. The largest absolute Gasteiger partial charge is 0.466 e. The Hall–Kier alpha value is -2.08. The minimum Gasteiger partial charge on any atom is -0.466 e. The molecule has 1 aromatic carbocycles. The highest BCUT2D eigenvalue weighted by atomic mass is 35.5. The normalized spacial score (nSPS) is 15.0. The highest BCUT2D eigenvalue weighted by Crippen LogP contribution is 2.19. The summed E-state index contributed by atoms with van der Waals surface area (Å²) in [6.07, 6.45) is 1.13. The minimum atomic E-state index is -0.568. The average molecular weight is 354 g/mol. The maximum atomic E-state index is 12.1. The van der Waals surface area contributed by atoms with E-state index < -0.39 is 5.97 Å². The van der Waals surface area contributed by atoms with E-state index in [1.165, 1.54) is 0 Å². The van der Waals surface area contributed by atoms with E-state index in [9.17, 15) is 14.4 Å². The zero-order valence-electron chi connectivity index (χ0n) is 13.5. The molecule has 0 radical (unpaired) electrons. The van der Waals surface area contributed by atoms with E-state index in [1.54, 1.807) is 36.1 Å². The summed E-state index contributed by atoms with van der Waals surface area (Å²) in [6.45, 7) is 2.73. The molecule has 7 heteroatoms. The van der Waals surface area contributed by atoms with Gasteiger partial charge in [0.15, 0.2) is 6.61 Å². The highest BCUT2D eigenvalue weighted by molar-refractivity contribution is 6.30. The summed E-state index contributed by atoms with van der Waals surface area (Å²) in [5.41, 5.74) is 0.341. The van der Waals surface area contributed by atoms with Crippen LogP contribution in [0.5, 0.6) is 0 Å². The molecular weight excluding hydrogens is 334 g/mol. The Bertz CT molecular complexity index is 594. The summed E-state index contributed by atoms with van der Waals surface area (Å²) in [7, 11) is 0. The standard InChI is InChI=1S/C17H20ClNO5/c1-2-23-16(21)13-7-9-19(10-8-13)15(20)11-24-17(22)12-3-5-14(18)6-4-12/h3-6,13H,2,7-11H2,1H3. The molecule has 0 N–H and O–H groups in total. The maximum Gasteiger partial charge on any atom is 0.338 e.